The molecule has 1 rings (SSSR count). The molecule has 0 N–H and O–H groups in total. The third-order valence-corrected chi connectivity index (χ3v) is 2.80. The summed E-state index contributed by atoms with van der Waals surface area (Å²) in [6, 6.07) is 10.4. The van der Waals surface area contributed by atoms with Crippen LogP contribution in [0.1, 0.15) is 0 Å². The maximum absolute atomic E-state index is 11.3. The minimum absolute atomic E-state index is 0.164. The number of rotatable bonds is 3. The lowest BCUT2D eigenvalue weighted by Gasteiger charge is -2.18. The standard InChI is InChI=1S/C9H10N2O2S/c1-14(12,13)11(8-7-10)9-5-3-2-4-6-9/h2-6H,8H2,1H3. The van der Waals surface area contributed by atoms with Gasteiger partial charge in [-0.15, -0.1) is 0 Å². The van der Waals surface area contributed by atoms with E-state index in [1.165, 1.54) is 0 Å². The predicted molar refractivity (Wildman–Crippen MR) is 54.2 cm³/mol. The highest BCUT2D eigenvalue weighted by Gasteiger charge is 2.15. The van der Waals surface area contributed by atoms with Crippen LogP contribution in [0.25, 0.3) is 0 Å². The topological polar surface area (TPSA) is 61.2 Å². The summed E-state index contributed by atoms with van der Waals surface area (Å²) in [5.41, 5.74) is 0.511. The molecule has 0 radical (unpaired) electrons. The summed E-state index contributed by atoms with van der Waals surface area (Å²) in [6.07, 6.45) is 1.08. The average Bonchev–Trinajstić information content (AvgIpc) is 2.14. The highest BCUT2D eigenvalue weighted by Crippen LogP contribution is 2.15. The lowest BCUT2D eigenvalue weighted by molar-refractivity contribution is 0.599. The van der Waals surface area contributed by atoms with E-state index in [9.17, 15) is 8.42 Å². The zero-order valence-electron chi connectivity index (χ0n) is 7.71. The third kappa shape index (κ3) is 2.47. The second kappa shape index (κ2) is 4.11. The number of anilines is 1. The molecule has 0 aliphatic heterocycles. The van der Waals surface area contributed by atoms with Crippen LogP contribution in [0.4, 0.5) is 5.69 Å². The second-order valence-electron chi connectivity index (χ2n) is 2.76. The van der Waals surface area contributed by atoms with Gasteiger partial charge in [0.15, 0.2) is 0 Å². The number of hydrogen-bond donors (Lipinski definition) is 0. The van der Waals surface area contributed by atoms with Crippen molar-refractivity contribution in [1.29, 1.82) is 5.26 Å². The Kier molecular flexibility index (Phi) is 3.10. The fourth-order valence-corrected chi connectivity index (χ4v) is 1.86. The van der Waals surface area contributed by atoms with Gasteiger partial charge in [0.1, 0.15) is 6.54 Å². The molecule has 0 saturated carbocycles. The number of benzene rings is 1. The van der Waals surface area contributed by atoms with Crippen LogP contribution in [0.2, 0.25) is 0 Å². The zero-order chi connectivity index (χ0) is 10.6. The van der Waals surface area contributed by atoms with Crippen LogP contribution in [0.15, 0.2) is 30.3 Å². The highest BCUT2D eigenvalue weighted by atomic mass is 32.2. The lowest BCUT2D eigenvalue weighted by Crippen LogP contribution is -2.29. The number of nitriles is 1. The molecule has 1 aromatic rings. The molecule has 0 atom stereocenters. The smallest absolute Gasteiger partial charge is 0.233 e. The van der Waals surface area contributed by atoms with Crippen molar-refractivity contribution in [2.75, 3.05) is 17.1 Å². The van der Waals surface area contributed by atoms with E-state index in [-0.39, 0.29) is 6.54 Å². The molecule has 0 heterocycles. The van der Waals surface area contributed by atoms with E-state index >= 15 is 0 Å². The van der Waals surface area contributed by atoms with Gasteiger partial charge in [-0.05, 0) is 12.1 Å². The molecule has 74 valence electrons. The first-order valence-corrected chi connectivity index (χ1v) is 5.80. The molecule has 5 heteroatoms. The molecular formula is C9H10N2O2S. The fourth-order valence-electron chi connectivity index (χ4n) is 1.06. The summed E-state index contributed by atoms with van der Waals surface area (Å²) in [5, 5.41) is 8.51. The molecule has 0 unspecified atom stereocenters. The van der Waals surface area contributed by atoms with Crippen LogP contribution in [0.3, 0.4) is 0 Å². The number of sulfonamides is 1. The van der Waals surface area contributed by atoms with Gasteiger partial charge in [0.2, 0.25) is 10.0 Å². The quantitative estimate of drug-likeness (QED) is 0.698. The van der Waals surface area contributed by atoms with Gasteiger partial charge in [0.25, 0.3) is 0 Å². The van der Waals surface area contributed by atoms with Crippen LogP contribution in [-0.2, 0) is 10.0 Å². The largest absolute Gasteiger partial charge is 0.256 e. The van der Waals surface area contributed by atoms with Crippen molar-refractivity contribution in [3.05, 3.63) is 30.3 Å². The van der Waals surface area contributed by atoms with E-state index in [1.54, 1.807) is 30.3 Å². The van der Waals surface area contributed by atoms with Gasteiger partial charge < -0.3 is 0 Å². The maximum atomic E-state index is 11.3. The summed E-state index contributed by atoms with van der Waals surface area (Å²) < 4.78 is 23.7. The number of nitrogens with zero attached hydrogens (tertiary/aromatic N) is 2. The van der Waals surface area contributed by atoms with E-state index in [0.717, 1.165) is 10.6 Å². The Balaban J connectivity index is 3.09. The Morgan fingerprint density at radius 2 is 1.93 bits per heavy atom. The Bertz CT molecular complexity index is 434. The van der Waals surface area contributed by atoms with Crippen LogP contribution in [-0.4, -0.2) is 21.2 Å². The van der Waals surface area contributed by atoms with E-state index < -0.39 is 10.0 Å². The van der Waals surface area contributed by atoms with E-state index in [0.29, 0.717) is 5.69 Å². The lowest BCUT2D eigenvalue weighted by atomic mass is 10.3. The maximum Gasteiger partial charge on any atom is 0.233 e. The number of hydrogen-bond acceptors (Lipinski definition) is 3. The molecule has 0 aliphatic carbocycles. The van der Waals surface area contributed by atoms with Gasteiger partial charge in [-0.25, -0.2) is 8.42 Å². The van der Waals surface area contributed by atoms with Crippen molar-refractivity contribution < 1.29 is 8.42 Å². The first kappa shape index (κ1) is 10.5. The normalized spacial score (nSPS) is 10.6. The third-order valence-electron chi connectivity index (χ3n) is 1.66. The average molecular weight is 210 g/mol. The number of para-hydroxylation sites is 1. The molecule has 0 amide bonds. The van der Waals surface area contributed by atoms with Gasteiger partial charge in [-0.1, -0.05) is 18.2 Å². The van der Waals surface area contributed by atoms with Crippen molar-refractivity contribution in [3.8, 4) is 6.07 Å². The van der Waals surface area contributed by atoms with E-state index in [1.807, 2.05) is 6.07 Å². The Labute approximate surface area is 83.4 Å². The molecule has 1 aromatic carbocycles. The molecule has 14 heavy (non-hydrogen) atoms. The molecule has 0 aliphatic rings. The molecular weight excluding hydrogens is 200 g/mol. The SMILES string of the molecule is CS(=O)(=O)N(CC#N)c1ccccc1. The summed E-state index contributed by atoms with van der Waals surface area (Å²) >= 11 is 0. The minimum Gasteiger partial charge on any atom is -0.256 e. The first-order valence-electron chi connectivity index (χ1n) is 3.95. The zero-order valence-corrected chi connectivity index (χ0v) is 8.53. The van der Waals surface area contributed by atoms with Gasteiger partial charge in [-0.2, -0.15) is 5.26 Å². The predicted octanol–water partition coefficient (Wildman–Crippen LogP) is 0.976. The minimum atomic E-state index is -3.37. The van der Waals surface area contributed by atoms with Crippen LogP contribution < -0.4 is 4.31 Å². The van der Waals surface area contributed by atoms with Crippen molar-refractivity contribution in [2.45, 2.75) is 0 Å². The fraction of sp³-hybridized carbons (Fsp3) is 0.222. The Hall–Kier alpha value is -1.54. The molecule has 4 nitrogen and oxygen atoms in total. The Morgan fingerprint density at radius 1 is 1.36 bits per heavy atom. The molecule has 0 fully saturated rings. The summed E-state index contributed by atoms with van der Waals surface area (Å²) in [6.45, 7) is -0.164. The summed E-state index contributed by atoms with van der Waals surface area (Å²) in [4.78, 5) is 0. The highest BCUT2D eigenvalue weighted by molar-refractivity contribution is 7.92. The van der Waals surface area contributed by atoms with Gasteiger partial charge >= 0.3 is 0 Å². The second-order valence-corrected chi connectivity index (χ2v) is 4.67. The summed E-state index contributed by atoms with van der Waals surface area (Å²) in [5.74, 6) is 0. The van der Waals surface area contributed by atoms with Crippen LogP contribution in [0, 0.1) is 11.3 Å². The van der Waals surface area contributed by atoms with Crippen molar-refractivity contribution in [3.63, 3.8) is 0 Å². The van der Waals surface area contributed by atoms with E-state index in [4.69, 9.17) is 5.26 Å². The van der Waals surface area contributed by atoms with Crippen LogP contribution >= 0.6 is 0 Å². The van der Waals surface area contributed by atoms with Gasteiger partial charge in [0, 0.05) is 0 Å². The van der Waals surface area contributed by atoms with E-state index in [2.05, 4.69) is 0 Å². The summed E-state index contributed by atoms with van der Waals surface area (Å²) in [7, 11) is -3.37. The Morgan fingerprint density at radius 3 is 2.36 bits per heavy atom. The van der Waals surface area contributed by atoms with Gasteiger partial charge in [0.05, 0.1) is 18.0 Å². The monoisotopic (exact) mass is 210 g/mol. The van der Waals surface area contributed by atoms with Crippen molar-refractivity contribution in [1.82, 2.24) is 0 Å². The van der Waals surface area contributed by atoms with Gasteiger partial charge in [-0.3, -0.25) is 4.31 Å². The first-order chi connectivity index (χ1) is 6.55. The van der Waals surface area contributed by atoms with Crippen LogP contribution in [0.5, 0.6) is 0 Å². The van der Waals surface area contributed by atoms with Crippen molar-refractivity contribution >= 4 is 15.7 Å². The molecule has 0 bridgehead atoms. The molecule has 0 spiro atoms. The molecule has 0 aromatic heterocycles. The van der Waals surface area contributed by atoms with Crippen molar-refractivity contribution in [2.24, 2.45) is 0 Å². The molecule has 0 saturated heterocycles.